The van der Waals surface area contributed by atoms with Crippen LogP contribution in [0.2, 0.25) is 0 Å². The van der Waals surface area contributed by atoms with Crippen LogP contribution in [-0.2, 0) is 18.4 Å². The van der Waals surface area contributed by atoms with E-state index in [-0.39, 0.29) is 6.61 Å². The average molecular weight is 321 g/mol. The summed E-state index contributed by atoms with van der Waals surface area (Å²) in [6.45, 7) is 2.01. The van der Waals surface area contributed by atoms with Crippen molar-refractivity contribution in [3.05, 3.63) is 65.4 Å². The zero-order chi connectivity index (χ0) is 17.1. The molecule has 3 heterocycles. The molecule has 24 heavy (non-hydrogen) atoms. The lowest BCUT2D eigenvalue weighted by Crippen LogP contribution is -2.10. The largest absolute Gasteiger partial charge is 0.456 e. The van der Waals surface area contributed by atoms with E-state index in [9.17, 15) is 4.79 Å². The Hall–Kier alpha value is -3.40. The van der Waals surface area contributed by atoms with E-state index in [1.54, 1.807) is 34.8 Å². The van der Waals surface area contributed by atoms with Crippen LogP contribution in [0, 0.1) is 18.3 Å². The molecule has 0 aromatic carbocycles. The number of carbonyl (C=O) groups excluding carboxylic acids is 1. The van der Waals surface area contributed by atoms with Gasteiger partial charge in [-0.25, -0.2) is 14.5 Å². The van der Waals surface area contributed by atoms with Gasteiger partial charge in [0.1, 0.15) is 18.4 Å². The number of hydrogen-bond donors (Lipinski definition) is 0. The van der Waals surface area contributed by atoms with Gasteiger partial charge in [-0.1, -0.05) is 0 Å². The molecular formula is C17H15N5O2. The number of hydrogen-bond acceptors (Lipinski definition) is 5. The predicted octanol–water partition coefficient (Wildman–Crippen LogP) is 2.14. The van der Waals surface area contributed by atoms with E-state index in [1.807, 2.05) is 31.3 Å². The van der Waals surface area contributed by atoms with Crippen molar-refractivity contribution in [2.75, 3.05) is 0 Å². The van der Waals surface area contributed by atoms with E-state index >= 15 is 0 Å². The molecule has 0 aliphatic rings. The average Bonchev–Trinajstić information content (AvgIpc) is 3.18. The first-order valence-corrected chi connectivity index (χ1v) is 7.28. The monoisotopic (exact) mass is 321 g/mol. The summed E-state index contributed by atoms with van der Waals surface area (Å²) in [6.07, 6.45) is 5.05. The zero-order valence-corrected chi connectivity index (χ0v) is 13.3. The molecule has 3 aromatic rings. The fraction of sp³-hybridized carbons (Fsp3) is 0.176. The van der Waals surface area contributed by atoms with E-state index in [4.69, 9.17) is 10.00 Å². The van der Waals surface area contributed by atoms with Gasteiger partial charge < -0.3 is 9.30 Å². The molecule has 0 unspecified atom stereocenters. The van der Waals surface area contributed by atoms with Gasteiger partial charge in [-0.2, -0.15) is 10.4 Å². The second-order valence-corrected chi connectivity index (χ2v) is 5.34. The summed E-state index contributed by atoms with van der Waals surface area (Å²) in [7, 11) is 1.70. The molecule has 0 aliphatic carbocycles. The first-order valence-electron chi connectivity index (χ1n) is 7.28. The van der Waals surface area contributed by atoms with E-state index in [0.29, 0.717) is 17.1 Å². The van der Waals surface area contributed by atoms with Crippen LogP contribution >= 0.6 is 0 Å². The molecule has 0 aliphatic heterocycles. The molecule has 7 heteroatoms. The summed E-state index contributed by atoms with van der Waals surface area (Å²) >= 11 is 0. The Bertz CT molecular complexity index is 933. The van der Waals surface area contributed by atoms with Gasteiger partial charge in [0.25, 0.3) is 0 Å². The molecule has 0 fully saturated rings. The summed E-state index contributed by atoms with van der Waals surface area (Å²) in [5.74, 6) is 0.176. The quantitative estimate of drug-likeness (QED) is 0.687. The Labute approximate surface area is 138 Å². The number of nitrogens with zero attached hydrogens (tertiary/aromatic N) is 5. The number of carbonyl (C=O) groups is 1. The van der Waals surface area contributed by atoms with Crippen LogP contribution < -0.4 is 0 Å². The maximum atomic E-state index is 12.1. The molecule has 0 bridgehead atoms. The normalized spacial score (nSPS) is 10.4. The fourth-order valence-corrected chi connectivity index (χ4v) is 2.27. The lowest BCUT2D eigenvalue weighted by Gasteiger charge is -2.07. The number of pyridine rings is 1. The minimum Gasteiger partial charge on any atom is -0.456 e. The summed E-state index contributed by atoms with van der Waals surface area (Å²) < 4.78 is 8.56. The predicted molar refractivity (Wildman–Crippen MR) is 85.3 cm³/mol. The minimum absolute atomic E-state index is 0.113. The molecule has 0 radical (unpaired) electrons. The molecule has 0 saturated carbocycles. The van der Waals surface area contributed by atoms with Gasteiger partial charge in [-0.05, 0) is 36.8 Å². The van der Waals surface area contributed by atoms with Crippen LogP contribution in [0.5, 0.6) is 0 Å². The van der Waals surface area contributed by atoms with Gasteiger partial charge in [-0.3, -0.25) is 0 Å². The zero-order valence-electron chi connectivity index (χ0n) is 13.3. The summed E-state index contributed by atoms with van der Waals surface area (Å²) in [4.78, 5) is 16.4. The van der Waals surface area contributed by atoms with Crippen LogP contribution in [0.4, 0.5) is 0 Å². The Kier molecular flexibility index (Phi) is 4.12. The molecule has 3 aromatic heterocycles. The summed E-state index contributed by atoms with van der Waals surface area (Å²) in [5, 5.41) is 13.2. The highest BCUT2D eigenvalue weighted by molar-refractivity contribution is 5.88. The minimum atomic E-state index is -0.479. The smallest absolute Gasteiger partial charge is 0.355 e. The molecule has 0 saturated heterocycles. The molecule has 3 rings (SSSR count). The Balaban J connectivity index is 1.71. The van der Waals surface area contributed by atoms with Gasteiger partial charge in [0.15, 0.2) is 5.82 Å². The second kappa shape index (κ2) is 6.38. The van der Waals surface area contributed by atoms with E-state index in [0.717, 1.165) is 11.3 Å². The first kappa shape index (κ1) is 15.5. The highest BCUT2D eigenvalue weighted by Gasteiger charge is 2.13. The maximum absolute atomic E-state index is 12.1. The van der Waals surface area contributed by atoms with Crippen molar-refractivity contribution in [2.45, 2.75) is 13.5 Å². The highest BCUT2D eigenvalue weighted by atomic mass is 16.5. The third kappa shape index (κ3) is 3.17. The maximum Gasteiger partial charge on any atom is 0.355 e. The third-order valence-corrected chi connectivity index (χ3v) is 3.48. The highest BCUT2D eigenvalue weighted by Crippen LogP contribution is 2.12. The lowest BCUT2D eigenvalue weighted by molar-refractivity contribution is 0.0461. The van der Waals surface area contributed by atoms with Crippen molar-refractivity contribution in [3.63, 3.8) is 0 Å². The number of aromatic nitrogens is 4. The third-order valence-electron chi connectivity index (χ3n) is 3.48. The first-order chi connectivity index (χ1) is 11.6. The SMILES string of the molecule is Cc1ccn(-c2cc(COC(=O)c3cc(C#N)cn3C)ccn2)n1. The topological polar surface area (TPSA) is 85.7 Å². The number of esters is 1. The van der Waals surface area contributed by atoms with Gasteiger partial charge in [-0.15, -0.1) is 0 Å². The van der Waals surface area contributed by atoms with Crippen LogP contribution in [-0.4, -0.2) is 25.3 Å². The molecule has 0 amide bonds. The number of aryl methyl sites for hydroxylation is 2. The second-order valence-electron chi connectivity index (χ2n) is 5.34. The van der Waals surface area contributed by atoms with Gasteiger partial charge in [0.05, 0.1) is 11.3 Å². The Morgan fingerprint density at radius 3 is 2.88 bits per heavy atom. The number of rotatable bonds is 4. The van der Waals surface area contributed by atoms with Crippen molar-refractivity contribution < 1.29 is 9.53 Å². The van der Waals surface area contributed by atoms with E-state index in [1.165, 1.54) is 6.07 Å². The van der Waals surface area contributed by atoms with E-state index < -0.39 is 5.97 Å². The summed E-state index contributed by atoms with van der Waals surface area (Å²) in [6, 6.07) is 8.98. The standard InChI is InChI=1S/C17H15N5O2/c1-12-4-6-22(20-12)16-8-13(3-5-19-16)11-24-17(23)15-7-14(9-18)10-21(15)2/h3-8,10H,11H2,1-2H3. The molecule has 120 valence electrons. The molecule has 7 nitrogen and oxygen atoms in total. The lowest BCUT2D eigenvalue weighted by atomic mass is 10.3. The van der Waals surface area contributed by atoms with Gasteiger partial charge >= 0.3 is 5.97 Å². The van der Waals surface area contributed by atoms with Crippen molar-refractivity contribution >= 4 is 5.97 Å². The molecular weight excluding hydrogens is 306 g/mol. The van der Waals surface area contributed by atoms with Crippen molar-refractivity contribution in [1.82, 2.24) is 19.3 Å². The van der Waals surface area contributed by atoms with Crippen molar-refractivity contribution in [1.29, 1.82) is 5.26 Å². The Morgan fingerprint density at radius 2 is 2.21 bits per heavy atom. The van der Waals surface area contributed by atoms with Crippen LogP contribution in [0.25, 0.3) is 5.82 Å². The summed E-state index contributed by atoms with van der Waals surface area (Å²) in [5.41, 5.74) is 2.45. The molecule has 0 spiro atoms. The van der Waals surface area contributed by atoms with Gasteiger partial charge in [0.2, 0.25) is 0 Å². The van der Waals surface area contributed by atoms with Crippen LogP contribution in [0.1, 0.15) is 27.3 Å². The number of ether oxygens (including phenoxy) is 1. The van der Waals surface area contributed by atoms with Crippen LogP contribution in [0.15, 0.2) is 42.9 Å². The van der Waals surface area contributed by atoms with Crippen molar-refractivity contribution in [3.8, 4) is 11.9 Å². The Morgan fingerprint density at radius 1 is 1.38 bits per heavy atom. The molecule has 0 atom stereocenters. The van der Waals surface area contributed by atoms with Crippen LogP contribution in [0.3, 0.4) is 0 Å². The molecule has 0 N–H and O–H groups in total. The van der Waals surface area contributed by atoms with Gasteiger partial charge in [0, 0.05) is 25.6 Å². The van der Waals surface area contributed by atoms with E-state index in [2.05, 4.69) is 10.1 Å². The number of nitriles is 1. The fourth-order valence-electron chi connectivity index (χ4n) is 2.27. The van der Waals surface area contributed by atoms with Crippen molar-refractivity contribution in [2.24, 2.45) is 7.05 Å².